The molecule has 0 spiro atoms. The molecule has 2 aromatic heterocycles. The maximum atomic E-state index is 13.1. The van der Waals surface area contributed by atoms with Gasteiger partial charge in [-0.2, -0.15) is 0 Å². The topological polar surface area (TPSA) is 83.1 Å². The Bertz CT molecular complexity index is 1190. The van der Waals surface area contributed by atoms with E-state index in [0.29, 0.717) is 27.5 Å². The third kappa shape index (κ3) is 3.58. The molecule has 4 rings (SSSR count). The summed E-state index contributed by atoms with van der Waals surface area (Å²) in [5.74, 6) is 0.695. The van der Waals surface area contributed by atoms with Gasteiger partial charge in [-0.25, -0.2) is 9.78 Å². The molecule has 0 amide bonds. The first-order chi connectivity index (χ1) is 13.9. The normalized spacial score (nSPS) is 15.2. The summed E-state index contributed by atoms with van der Waals surface area (Å²) in [5, 5.41) is 3.86. The molecule has 29 heavy (non-hydrogen) atoms. The predicted octanol–water partition coefficient (Wildman–Crippen LogP) is 1.57. The van der Waals surface area contributed by atoms with Crippen molar-refractivity contribution in [1.29, 1.82) is 0 Å². The zero-order chi connectivity index (χ0) is 20.7. The van der Waals surface area contributed by atoms with Gasteiger partial charge in [-0.3, -0.25) is 13.9 Å². The number of aromatic nitrogens is 4. The third-order valence-electron chi connectivity index (χ3n) is 5.42. The molecule has 0 radical (unpaired) electrons. The molecule has 1 N–H and O–H groups in total. The number of fused-ring (bicyclic) bond motifs is 1. The Balaban J connectivity index is 1.81. The first-order valence-corrected chi connectivity index (χ1v) is 10.0. The molecule has 0 aliphatic carbocycles. The van der Waals surface area contributed by atoms with Gasteiger partial charge in [0.2, 0.25) is 0 Å². The second-order valence-corrected chi connectivity index (χ2v) is 7.98. The van der Waals surface area contributed by atoms with Crippen molar-refractivity contribution in [2.75, 3.05) is 13.1 Å². The minimum absolute atomic E-state index is 0.0777. The quantitative estimate of drug-likeness (QED) is 0.696. The first kappa shape index (κ1) is 19.7. The highest BCUT2D eigenvalue weighted by atomic mass is 35.5. The van der Waals surface area contributed by atoms with E-state index in [0.717, 1.165) is 31.5 Å². The smallest absolute Gasteiger partial charge is 0.332 e. The zero-order valence-electron chi connectivity index (χ0n) is 16.7. The van der Waals surface area contributed by atoms with Crippen molar-refractivity contribution < 1.29 is 4.74 Å². The molecular weight excluding hydrogens is 394 g/mol. The van der Waals surface area contributed by atoms with Crippen LogP contribution in [0.1, 0.15) is 24.0 Å². The summed E-state index contributed by atoms with van der Waals surface area (Å²) in [4.78, 5) is 30.1. The molecular formula is C20H24ClN5O3. The number of halogens is 1. The van der Waals surface area contributed by atoms with Gasteiger partial charge in [-0.15, -0.1) is 0 Å². The fraction of sp³-hybridized carbons (Fsp3) is 0.450. The van der Waals surface area contributed by atoms with Crippen molar-refractivity contribution in [3.05, 3.63) is 55.4 Å². The average molecular weight is 418 g/mol. The van der Waals surface area contributed by atoms with Crippen LogP contribution in [0.25, 0.3) is 11.2 Å². The fourth-order valence-electron chi connectivity index (χ4n) is 3.87. The van der Waals surface area contributed by atoms with Crippen LogP contribution in [-0.2, 0) is 20.6 Å². The van der Waals surface area contributed by atoms with Gasteiger partial charge in [0.1, 0.15) is 11.9 Å². The molecule has 8 nitrogen and oxygen atoms in total. The Morgan fingerprint density at radius 3 is 2.69 bits per heavy atom. The van der Waals surface area contributed by atoms with E-state index in [4.69, 9.17) is 16.3 Å². The molecule has 3 aromatic rings. The molecule has 1 saturated heterocycles. The summed E-state index contributed by atoms with van der Waals surface area (Å²) in [6.07, 6.45) is 3.44. The number of rotatable bonds is 4. The number of aryl methyl sites for hydroxylation is 3. The highest BCUT2D eigenvalue weighted by molar-refractivity contribution is 6.30. The number of imidazole rings is 1. The van der Waals surface area contributed by atoms with Crippen LogP contribution in [0.4, 0.5) is 0 Å². The summed E-state index contributed by atoms with van der Waals surface area (Å²) in [5.41, 5.74) is 1.55. The zero-order valence-corrected chi connectivity index (χ0v) is 17.5. The molecule has 1 aromatic carbocycles. The number of ether oxygens (including phenoxy) is 1. The van der Waals surface area contributed by atoms with Gasteiger partial charge in [0.05, 0.1) is 12.9 Å². The molecule has 0 unspecified atom stereocenters. The second-order valence-electron chi connectivity index (χ2n) is 7.54. The largest absolute Gasteiger partial charge is 0.490 e. The maximum absolute atomic E-state index is 13.1. The van der Waals surface area contributed by atoms with E-state index in [2.05, 4.69) is 10.3 Å². The predicted molar refractivity (Wildman–Crippen MR) is 112 cm³/mol. The van der Waals surface area contributed by atoms with Crippen molar-refractivity contribution >= 4 is 22.8 Å². The number of nitrogens with one attached hydrogen (secondary N) is 1. The molecule has 9 heteroatoms. The fourth-order valence-corrected chi connectivity index (χ4v) is 4.17. The highest BCUT2D eigenvalue weighted by Crippen LogP contribution is 2.30. The van der Waals surface area contributed by atoms with Crippen molar-refractivity contribution in [3.8, 4) is 5.75 Å². The third-order valence-corrected chi connectivity index (χ3v) is 5.63. The van der Waals surface area contributed by atoms with Gasteiger partial charge < -0.3 is 14.6 Å². The number of benzene rings is 1. The van der Waals surface area contributed by atoms with Crippen molar-refractivity contribution in [1.82, 2.24) is 24.0 Å². The Labute approximate surface area is 172 Å². The van der Waals surface area contributed by atoms with Gasteiger partial charge in [0.25, 0.3) is 5.56 Å². The van der Waals surface area contributed by atoms with Gasteiger partial charge in [-0.05, 0) is 50.6 Å². The van der Waals surface area contributed by atoms with E-state index in [1.807, 2.05) is 13.0 Å². The van der Waals surface area contributed by atoms with Crippen LogP contribution in [0.3, 0.4) is 0 Å². The first-order valence-electron chi connectivity index (χ1n) is 9.64. The molecule has 1 aliphatic rings. The standard InChI is InChI=1S/C20H24ClN5O3/c1-12-8-14(21)9-13(17(12)29-15-4-6-22-7-5-15)10-26-19(27)16-18(23-11-24(16)2)25(3)20(26)28/h8-9,11,15,22H,4-7,10H2,1-3H3. The van der Waals surface area contributed by atoms with Crippen LogP contribution < -0.4 is 21.3 Å². The number of piperidine rings is 1. The van der Waals surface area contributed by atoms with Crippen molar-refractivity contribution in [3.63, 3.8) is 0 Å². The lowest BCUT2D eigenvalue weighted by molar-refractivity contribution is 0.159. The van der Waals surface area contributed by atoms with Crippen LogP contribution >= 0.6 is 11.6 Å². The van der Waals surface area contributed by atoms with Gasteiger partial charge in [0, 0.05) is 24.7 Å². The Morgan fingerprint density at radius 1 is 1.24 bits per heavy atom. The summed E-state index contributed by atoms with van der Waals surface area (Å²) in [6, 6.07) is 3.61. The molecule has 3 heterocycles. The van der Waals surface area contributed by atoms with Crippen LogP contribution in [0.2, 0.25) is 5.02 Å². The maximum Gasteiger partial charge on any atom is 0.332 e. The van der Waals surface area contributed by atoms with Gasteiger partial charge in [0.15, 0.2) is 11.2 Å². The Kier molecular flexibility index (Phi) is 5.23. The van der Waals surface area contributed by atoms with E-state index in [1.165, 1.54) is 15.5 Å². The van der Waals surface area contributed by atoms with E-state index >= 15 is 0 Å². The molecule has 0 saturated carbocycles. The van der Waals surface area contributed by atoms with Crippen molar-refractivity contribution in [2.24, 2.45) is 14.1 Å². The van der Waals surface area contributed by atoms with E-state index in [1.54, 1.807) is 24.7 Å². The van der Waals surface area contributed by atoms with Crippen LogP contribution in [-0.4, -0.2) is 37.9 Å². The minimum Gasteiger partial charge on any atom is -0.490 e. The van der Waals surface area contributed by atoms with E-state index in [9.17, 15) is 9.59 Å². The lowest BCUT2D eigenvalue weighted by atomic mass is 10.1. The summed E-state index contributed by atoms with van der Waals surface area (Å²) < 4.78 is 10.5. The van der Waals surface area contributed by atoms with Crippen LogP contribution in [0.15, 0.2) is 28.0 Å². The van der Waals surface area contributed by atoms with E-state index < -0.39 is 5.69 Å². The van der Waals surface area contributed by atoms with Crippen LogP contribution in [0.5, 0.6) is 5.75 Å². The lowest BCUT2D eigenvalue weighted by Crippen LogP contribution is -2.40. The monoisotopic (exact) mass is 417 g/mol. The number of hydrogen-bond acceptors (Lipinski definition) is 5. The molecule has 1 fully saturated rings. The van der Waals surface area contributed by atoms with Crippen LogP contribution in [0, 0.1) is 6.92 Å². The van der Waals surface area contributed by atoms with Gasteiger partial charge in [-0.1, -0.05) is 11.6 Å². The minimum atomic E-state index is -0.424. The molecule has 154 valence electrons. The molecule has 0 bridgehead atoms. The lowest BCUT2D eigenvalue weighted by Gasteiger charge is -2.26. The summed E-state index contributed by atoms with van der Waals surface area (Å²) in [7, 11) is 3.35. The average Bonchev–Trinajstić information content (AvgIpc) is 3.08. The van der Waals surface area contributed by atoms with Crippen molar-refractivity contribution in [2.45, 2.75) is 32.4 Å². The summed E-state index contributed by atoms with van der Waals surface area (Å²) >= 11 is 6.29. The highest BCUT2D eigenvalue weighted by Gasteiger charge is 2.21. The Morgan fingerprint density at radius 2 is 1.97 bits per heavy atom. The van der Waals surface area contributed by atoms with E-state index in [-0.39, 0.29) is 18.2 Å². The SMILES string of the molecule is Cc1cc(Cl)cc(Cn2c(=O)c3c(ncn3C)n(C)c2=O)c1OC1CCNCC1. The molecule has 0 atom stereocenters. The summed E-state index contributed by atoms with van der Waals surface area (Å²) in [6.45, 7) is 3.82. The number of nitrogens with zero attached hydrogens (tertiary/aromatic N) is 4. The number of hydrogen-bond donors (Lipinski definition) is 1. The molecule has 1 aliphatic heterocycles. The Hall–Kier alpha value is -2.58. The second kappa shape index (κ2) is 7.68. The van der Waals surface area contributed by atoms with Gasteiger partial charge >= 0.3 is 5.69 Å².